The topological polar surface area (TPSA) is 38.3 Å². The third-order valence-corrected chi connectivity index (χ3v) is 4.24. The van der Waals surface area contributed by atoms with Gasteiger partial charge in [0.05, 0.1) is 10.6 Å². The number of carbonyl (C=O) groups is 1. The number of Topliss-reactive ketones (excluding diaryl/α,β-unsaturated/α-hetero) is 1. The molecule has 1 unspecified atom stereocenters. The summed E-state index contributed by atoms with van der Waals surface area (Å²) in [6.45, 7) is 1.92. The summed E-state index contributed by atoms with van der Waals surface area (Å²) in [5.74, 6) is 0.384. The van der Waals surface area contributed by atoms with Gasteiger partial charge in [-0.2, -0.15) is 0 Å². The van der Waals surface area contributed by atoms with E-state index in [1.807, 2.05) is 55.5 Å². The number of carbonyl (C=O) groups excluding carboxylic acids is 1. The van der Waals surface area contributed by atoms with Crippen molar-refractivity contribution < 1.29 is 9.53 Å². The van der Waals surface area contributed by atoms with E-state index in [0.717, 1.165) is 11.1 Å². The molecule has 22 heavy (non-hydrogen) atoms. The van der Waals surface area contributed by atoms with Gasteiger partial charge in [0.15, 0.2) is 12.0 Å². The van der Waals surface area contributed by atoms with Crippen molar-refractivity contribution in [1.29, 1.82) is 0 Å². The maximum atomic E-state index is 12.9. The fourth-order valence-corrected chi connectivity index (χ4v) is 2.82. The van der Waals surface area contributed by atoms with Crippen LogP contribution in [0.3, 0.4) is 0 Å². The monoisotopic (exact) mass is 313 g/mol. The maximum Gasteiger partial charge on any atom is 0.214 e. The highest BCUT2D eigenvalue weighted by atomic mass is 35.5. The minimum Gasteiger partial charge on any atom is -0.462 e. The molecule has 0 amide bonds. The van der Waals surface area contributed by atoms with Gasteiger partial charge in [0, 0.05) is 18.2 Å². The van der Waals surface area contributed by atoms with Gasteiger partial charge in [-0.25, -0.2) is 0 Å². The fraction of sp³-hybridized carbons (Fsp3) is 0.167. The quantitative estimate of drug-likeness (QED) is 0.934. The molecule has 3 rings (SSSR count). The van der Waals surface area contributed by atoms with Gasteiger partial charge >= 0.3 is 0 Å². The Balaban J connectivity index is 2.06. The molecule has 0 saturated carbocycles. The largest absolute Gasteiger partial charge is 0.462 e. The molecule has 0 fully saturated rings. The van der Waals surface area contributed by atoms with Crippen LogP contribution in [0.2, 0.25) is 5.02 Å². The molecule has 1 aliphatic rings. The molecule has 2 aromatic rings. The van der Waals surface area contributed by atoms with Crippen LogP contribution in [-0.4, -0.2) is 12.8 Å². The average molecular weight is 314 g/mol. The molecule has 1 heterocycles. The van der Waals surface area contributed by atoms with Crippen molar-refractivity contribution in [3.8, 4) is 0 Å². The Morgan fingerprint density at radius 1 is 1.09 bits per heavy atom. The SMILES string of the molecule is CNC1=C(c2cccc(C)c2Cl)C(=O)C(c2ccccc2)O1. The Hall–Kier alpha value is -2.26. The standard InChI is InChI=1S/C18H16ClNO2/c1-11-7-6-10-13(15(11)19)14-16(21)17(22-18(14)20-2)12-8-4-3-5-9-12/h3-10,17,20H,1-2H3. The van der Waals surface area contributed by atoms with E-state index in [0.29, 0.717) is 22.0 Å². The smallest absolute Gasteiger partial charge is 0.214 e. The number of hydrogen-bond donors (Lipinski definition) is 1. The van der Waals surface area contributed by atoms with Gasteiger partial charge in [0.25, 0.3) is 0 Å². The third kappa shape index (κ3) is 2.38. The van der Waals surface area contributed by atoms with Gasteiger partial charge < -0.3 is 10.1 Å². The molecule has 112 valence electrons. The van der Waals surface area contributed by atoms with Gasteiger partial charge in [-0.1, -0.05) is 60.1 Å². The zero-order valence-corrected chi connectivity index (χ0v) is 13.1. The predicted molar refractivity (Wildman–Crippen MR) is 87.4 cm³/mol. The number of ether oxygens (including phenoxy) is 1. The average Bonchev–Trinajstić information content (AvgIpc) is 2.87. The van der Waals surface area contributed by atoms with Crippen LogP contribution in [-0.2, 0) is 9.53 Å². The number of ketones is 1. The summed E-state index contributed by atoms with van der Waals surface area (Å²) in [6, 6.07) is 15.1. The van der Waals surface area contributed by atoms with Crippen LogP contribution < -0.4 is 5.32 Å². The van der Waals surface area contributed by atoms with Crippen LogP contribution in [0.4, 0.5) is 0 Å². The second-order valence-electron chi connectivity index (χ2n) is 5.16. The van der Waals surface area contributed by atoms with E-state index in [1.54, 1.807) is 7.05 Å². The van der Waals surface area contributed by atoms with Crippen molar-refractivity contribution in [2.45, 2.75) is 13.0 Å². The predicted octanol–water partition coefficient (Wildman–Crippen LogP) is 3.88. The van der Waals surface area contributed by atoms with Gasteiger partial charge in [0.2, 0.25) is 5.78 Å². The zero-order chi connectivity index (χ0) is 15.7. The van der Waals surface area contributed by atoms with Crippen molar-refractivity contribution in [1.82, 2.24) is 5.32 Å². The van der Waals surface area contributed by atoms with Crippen LogP contribution in [0, 0.1) is 6.92 Å². The molecule has 1 N–H and O–H groups in total. The Bertz CT molecular complexity index is 753. The van der Waals surface area contributed by atoms with E-state index in [2.05, 4.69) is 5.32 Å². The van der Waals surface area contributed by atoms with Crippen molar-refractivity contribution in [2.24, 2.45) is 0 Å². The lowest BCUT2D eigenvalue weighted by Gasteiger charge is -2.11. The number of aryl methyl sites for hydroxylation is 1. The van der Waals surface area contributed by atoms with Crippen LogP contribution in [0.5, 0.6) is 0 Å². The van der Waals surface area contributed by atoms with Gasteiger partial charge in [-0.15, -0.1) is 0 Å². The number of nitrogens with one attached hydrogen (secondary N) is 1. The first-order valence-electron chi connectivity index (χ1n) is 7.06. The molecular formula is C18H16ClNO2. The highest BCUT2D eigenvalue weighted by Gasteiger charge is 2.37. The minimum absolute atomic E-state index is 0.0805. The van der Waals surface area contributed by atoms with Crippen LogP contribution >= 0.6 is 11.6 Å². The molecule has 1 atom stereocenters. The lowest BCUT2D eigenvalue weighted by molar-refractivity contribution is -0.120. The Kier molecular flexibility index (Phi) is 3.90. The van der Waals surface area contributed by atoms with Gasteiger partial charge in [-0.05, 0) is 12.5 Å². The summed E-state index contributed by atoms with van der Waals surface area (Å²) in [7, 11) is 1.74. The molecule has 0 bridgehead atoms. The first-order valence-corrected chi connectivity index (χ1v) is 7.44. The normalized spacial score (nSPS) is 17.6. The van der Waals surface area contributed by atoms with Crippen LogP contribution in [0.1, 0.15) is 22.8 Å². The summed E-state index contributed by atoms with van der Waals surface area (Å²) >= 11 is 6.38. The summed E-state index contributed by atoms with van der Waals surface area (Å²) in [6.07, 6.45) is -0.629. The second kappa shape index (κ2) is 5.85. The second-order valence-corrected chi connectivity index (χ2v) is 5.54. The molecule has 1 aliphatic heterocycles. The van der Waals surface area contributed by atoms with Crippen LogP contribution in [0.25, 0.3) is 5.57 Å². The van der Waals surface area contributed by atoms with E-state index >= 15 is 0 Å². The van der Waals surface area contributed by atoms with E-state index < -0.39 is 6.10 Å². The van der Waals surface area contributed by atoms with Gasteiger partial charge in [0.1, 0.15) is 0 Å². The molecule has 0 radical (unpaired) electrons. The van der Waals surface area contributed by atoms with Crippen molar-refractivity contribution in [3.63, 3.8) is 0 Å². The molecule has 4 heteroatoms. The number of benzene rings is 2. The Morgan fingerprint density at radius 3 is 2.50 bits per heavy atom. The van der Waals surface area contributed by atoms with Crippen molar-refractivity contribution >= 4 is 23.0 Å². The fourth-order valence-electron chi connectivity index (χ4n) is 2.60. The summed E-state index contributed by atoms with van der Waals surface area (Å²) in [5, 5.41) is 3.55. The summed E-state index contributed by atoms with van der Waals surface area (Å²) in [4.78, 5) is 12.9. The van der Waals surface area contributed by atoms with Crippen molar-refractivity contribution in [3.05, 3.63) is 76.1 Å². The number of hydrogen-bond acceptors (Lipinski definition) is 3. The highest BCUT2D eigenvalue weighted by Crippen LogP contribution is 2.39. The maximum absolute atomic E-state index is 12.9. The summed E-state index contributed by atoms with van der Waals surface area (Å²) < 4.78 is 5.83. The molecule has 0 aliphatic carbocycles. The molecule has 2 aromatic carbocycles. The van der Waals surface area contributed by atoms with Gasteiger partial charge in [-0.3, -0.25) is 4.79 Å². The number of halogens is 1. The lowest BCUT2D eigenvalue weighted by atomic mass is 9.96. The molecule has 0 saturated heterocycles. The minimum atomic E-state index is -0.629. The highest BCUT2D eigenvalue weighted by molar-refractivity contribution is 6.36. The summed E-state index contributed by atoms with van der Waals surface area (Å²) in [5.41, 5.74) is 2.97. The Labute approximate surface area is 134 Å². The first kappa shape index (κ1) is 14.7. The zero-order valence-electron chi connectivity index (χ0n) is 12.4. The van der Waals surface area contributed by atoms with Crippen LogP contribution in [0.15, 0.2) is 54.4 Å². The lowest BCUT2D eigenvalue weighted by Crippen LogP contribution is -2.10. The van der Waals surface area contributed by atoms with E-state index in [9.17, 15) is 4.79 Å². The Morgan fingerprint density at radius 2 is 1.82 bits per heavy atom. The molecular weight excluding hydrogens is 298 g/mol. The molecule has 3 nitrogen and oxygen atoms in total. The third-order valence-electron chi connectivity index (χ3n) is 3.74. The van der Waals surface area contributed by atoms with E-state index in [-0.39, 0.29) is 5.78 Å². The molecule has 0 spiro atoms. The van der Waals surface area contributed by atoms with E-state index in [4.69, 9.17) is 16.3 Å². The van der Waals surface area contributed by atoms with E-state index in [1.165, 1.54) is 0 Å². The first-order chi connectivity index (χ1) is 10.6. The molecule has 0 aromatic heterocycles. The van der Waals surface area contributed by atoms with Crippen molar-refractivity contribution in [2.75, 3.05) is 7.05 Å². The number of rotatable bonds is 3.